The number of nitrogens with zero attached hydrogens (tertiary/aromatic N) is 1. The second-order valence-electron chi connectivity index (χ2n) is 6.21. The number of rotatable bonds is 3. The van der Waals surface area contributed by atoms with Gasteiger partial charge in [-0.3, -0.25) is 4.79 Å². The van der Waals surface area contributed by atoms with E-state index in [0.717, 1.165) is 18.9 Å². The van der Waals surface area contributed by atoms with E-state index >= 15 is 0 Å². The fourth-order valence-corrected chi connectivity index (χ4v) is 3.81. The van der Waals surface area contributed by atoms with Crippen molar-refractivity contribution in [2.45, 2.75) is 32.2 Å². The first-order valence-electron chi connectivity index (χ1n) is 7.23. The van der Waals surface area contributed by atoms with Crippen LogP contribution in [0.2, 0.25) is 0 Å². The molecule has 2 saturated carbocycles. The Morgan fingerprint density at radius 2 is 2.10 bits per heavy atom. The molecule has 0 spiro atoms. The lowest BCUT2D eigenvalue weighted by Gasteiger charge is -2.26. The highest BCUT2D eigenvalue weighted by Crippen LogP contribution is 2.48. The molecule has 3 rings (SSSR count). The van der Waals surface area contributed by atoms with Crippen LogP contribution in [-0.2, 0) is 11.3 Å². The molecule has 108 valence electrons. The average Bonchev–Trinajstić information content (AvgIpc) is 3.03. The minimum atomic E-state index is -0.590. The zero-order valence-corrected chi connectivity index (χ0v) is 11.6. The van der Waals surface area contributed by atoms with Crippen LogP contribution in [0.4, 0.5) is 8.78 Å². The first kappa shape index (κ1) is 13.5. The summed E-state index contributed by atoms with van der Waals surface area (Å²) in [6.07, 6.45) is 4.57. The summed E-state index contributed by atoms with van der Waals surface area (Å²) in [5.74, 6) is 0.284. The predicted molar refractivity (Wildman–Crippen MR) is 71.8 cm³/mol. The van der Waals surface area contributed by atoms with Gasteiger partial charge in [0, 0.05) is 31.1 Å². The SMILES string of the molecule is CN(Cc1ccc(F)cc1F)C(=O)C1CC2CCC1C2. The first-order valence-corrected chi connectivity index (χ1v) is 7.23. The first-order chi connectivity index (χ1) is 9.54. The van der Waals surface area contributed by atoms with E-state index < -0.39 is 11.6 Å². The van der Waals surface area contributed by atoms with Crippen LogP contribution in [0.3, 0.4) is 0 Å². The van der Waals surface area contributed by atoms with E-state index in [9.17, 15) is 13.6 Å². The van der Waals surface area contributed by atoms with Gasteiger partial charge in [0.15, 0.2) is 0 Å². The standard InChI is InChI=1S/C16H19F2NO/c1-19(9-12-4-5-13(17)8-15(12)18)16(20)14-7-10-2-3-11(14)6-10/h4-5,8,10-11,14H,2-3,6-7,9H2,1H3. The summed E-state index contributed by atoms with van der Waals surface area (Å²) < 4.78 is 26.5. The van der Waals surface area contributed by atoms with Crippen molar-refractivity contribution in [3.8, 4) is 0 Å². The van der Waals surface area contributed by atoms with E-state index in [1.54, 1.807) is 11.9 Å². The molecule has 2 aliphatic rings. The van der Waals surface area contributed by atoms with Crippen LogP contribution in [0, 0.1) is 29.4 Å². The molecular formula is C16H19F2NO. The van der Waals surface area contributed by atoms with Gasteiger partial charge in [0.05, 0.1) is 0 Å². The Kier molecular flexibility index (Phi) is 3.48. The van der Waals surface area contributed by atoms with Crippen molar-refractivity contribution in [2.75, 3.05) is 7.05 Å². The summed E-state index contributed by atoms with van der Waals surface area (Å²) in [6, 6.07) is 3.51. The van der Waals surface area contributed by atoms with E-state index in [0.29, 0.717) is 17.4 Å². The van der Waals surface area contributed by atoms with Crippen molar-refractivity contribution < 1.29 is 13.6 Å². The maximum Gasteiger partial charge on any atom is 0.226 e. The zero-order valence-electron chi connectivity index (χ0n) is 11.6. The molecule has 0 aliphatic heterocycles. The summed E-state index contributed by atoms with van der Waals surface area (Å²) in [5.41, 5.74) is 0.366. The minimum Gasteiger partial charge on any atom is -0.341 e. The van der Waals surface area contributed by atoms with Gasteiger partial charge in [0.1, 0.15) is 11.6 Å². The van der Waals surface area contributed by atoms with Crippen molar-refractivity contribution in [1.29, 1.82) is 0 Å². The minimum absolute atomic E-state index is 0.112. The van der Waals surface area contributed by atoms with Gasteiger partial charge in [0.2, 0.25) is 5.91 Å². The van der Waals surface area contributed by atoms with Gasteiger partial charge in [0.25, 0.3) is 0 Å². The number of benzene rings is 1. The Balaban J connectivity index is 1.66. The molecule has 2 fully saturated rings. The quantitative estimate of drug-likeness (QED) is 0.831. The Morgan fingerprint density at radius 1 is 1.30 bits per heavy atom. The van der Waals surface area contributed by atoms with Gasteiger partial charge in [-0.2, -0.15) is 0 Å². The Bertz CT molecular complexity index is 531. The Morgan fingerprint density at radius 3 is 2.70 bits per heavy atom. The van der Waals surface area contributed by atoms with E-state index in [1.807, 2.05) is 0 Å². The molecule has 0 saturated heterocycles. The molecule has 2 nitrogen and oxygen atoms in total. The van der Waals surface area contributed by atoms with Crippen molar-refractivity contribution in [1.82, 2.24) is 4.90 Å². The van der Waals surface area contributed by atoms with Crippen LogP contribution in [0.1, 0.15) is 31.2 Å². The molecule has 3 atom stereocenters. The predicted octanol–water partition coefficient (Wildman–Crippen LogP) is 3.36. The maximum absolute atomic E-state index is 13.6. The number of carbonyl (C=O) groups is 1. The summed E-state index contributed by atoms with van der Waals surface area (Å²) in [6.45, 7) is 0.207. The van der Waals surface area contributed by atoms with E-state index in [4.69, 9.17) is 0 Å². The summed E-state index contributed by atoms with van der Waals surface area (Å²) >= 11 is 0. The van der Waals surface area contributed by atoms with Crippen molar-refractivity contribution >= 4 is 5.91 Å². The van der Waals surface area contributed by atoms with E-state index in [2.05, 4.69) is 0 Å². The third-order valence-corrected chi connectivity index (χ3v) is 4.85. The summed E-state index contributed by atoms with van der Waals surface area (Å²) in [7, 11) is 1.71. The van der Waals surface area contributed by atoms with Crippen molar-refractivity contribution in [3.63, 3.8) is 0 Å². The lowest BCUT2D eigenvalue weighted by Crippen LogP contribution is -2.35. The number of halogens is 2. The molecule has 1 amide bonds. The lowest BCUT2D eigenvalue weighted by atomic mass is 9.88. The highest BCUT2D eigenvalue weighted by molar-refractivity contribution is 5.79. The maximum atomic E-state index is 13.6. The Hall–Kier alpha value is -1.45. The van der Waals surface area contributed by atoms with Gasteiger partial charge >= 0.3 is 0 Å². The molecule has 0 heterocycles. The fraction of sp³-hybridized carbons (Fsp3) is 0.562. The van der Waals surface area contributed by atoms with Crippen molar-refractivity contribution in [3.05, 3.63) is 35.4 Å². The van der Waals surface area contributed by atoms with Crippen LogP contribution in [0.15, 0.2) is 18.2 Å². The zero-order chi connectivity index (χ0) is 14.3. The van der Waals surface area contributed by atoms with Crippen molar-refractivity contribution in [2.24, 2.45) is 17.8 Å². The molecule has 2 aliphatic carbocycles. The highest BCUT2D eigenvalue weighted by Gasteiger charge is 2.43. The smallest absolute Gasteiger partial charge is 0.226 e. The molecule has 3 unspecified atom stereocenters. The van der Waals surface area contributed by atoms with Crippen LogP contribution in [0.5, 0.6) is 0 Å². The molecule has 1 aromatic carbocycles. The molecule has 0 radical (unpaired) electrons. The number of hydrogen-bond acceptors (Lipinski definition) is 1. The number of carbonyl (C=O) groups excluding carboxylic acids is 1. The average molecular weight is 279 g/mol. The highest BCUT2D eigenvalue weighted by atomic mass is 19.1. The largest absolute Gasteiger partial charge is 0.341 e. The van der Waals surface area contributed by atoms with Crippen LogP contribution in [0.25, 0.3) is 0 Å². The molecule has 0 N–H and O–H groups in total. The second-order valence-corrected chi connectivity index (χ2v) is 6.21. The monoisotopic (exact) mass is 279 g/mol. The topological polar surface area (TPSA) is 20.3 Å². The third kappa shape index (κ3) is 2.43. The molecule has 1 aromatic rings. The summed E-state index contributed by atoms with van der Waals surface area (Å²) in [4.78, 5) is 14.0. The fourth-order valence-electron chi connectivity index (χ4n) is 3.81. The van der Waals surface area contributed by atoms with Crippen LogP contribution in [-0.4, -0.2) is 17.9 Å². The van der Waals surface area contributed by atoms with Gasteiger partial charge < -0.3 is 4.90 Å². The summed E-state index contributed by atoms with van der Waals surface area (Å²) in [5, 5.41) is 0. The number of fused-ring (bicyclic) bond motifs is 2. The molecule has 0 aromatic heterocycles. The van der Waals surface area contributed by atoms with Crippen LogP contribution < -0.4 is 0 Å². The number of amides is 1. The molecule has 4 heteroatoms. The number of hydrogen-bond donors (Lipinski definition) is 0. The Labute approximate surface area is 117 Å². The lowest BCUT2D eigenvalue weighted by molar-refractivity contribution is -0.136. The van der Waals surface area contributed by atoms with E-state index in [1.165, 1.54) is 25.0 Å². The molecule has 2 bridgehead atoms. The molecule has 20 heavy (non-hydrogen) atoms. The van der Waals surface area contributed by atoms with Gasteiger partial charge in [-0.1, -0.05) is 12.5 Å². The normalized spacial score (nSPS) is 27.9. The second kappa shape index (κ2) is 5.15. The van der Waals surface area contributed by atoms with Gasteiger partial charge in [-0.25, -0.2) is 8.78 Å². The van der Waals surface area contributed by atoms with Gasteiger partial charge in [-0.15, -0.1) is 0 Å². The molecular weight excluding hydrogens is 260 g/mol. The van der Waals surface area contributed by atoms with Gasteiger partial charge in [-0.05, 0) is 37.2 Å². The van der Waals surface area contributed by atoms with Crippen LogP contribution >= 0.6 is 0 Å². The van der Waals surface area contributed by atoms with E-state index in [-0.39, 0.29) is 18.4 Å². The third-order valence-electron chi connectivity index (χ3n) is 4.85.